The van der Waals surface area contributed by atoms with Crippen LogP contribution < -0.4 is 26.6 Å². The van der Waals surface area contributed by atoms with Crippen molar-refractivity contribution in [2.24, 2.45) is 0 Å². The average Bonchev–Trinajstić information content (AvgIpc) is 1.47. The van der Waals surface area contributed by atoms with E-state index in [2.05, 4.69) is 56.5 Å². The Hall–Kier alpha value is -12.5. The molecule has 0 radical (unpaired) electrons. The normalized spacial score (nSPS) is 12.9. The summed E-state index contributed by atoms with van der Waals surface area (Å²) in [6.07, 6.45) is 12.6. The second-order valence-corrected chi connectivity index (χ2v) is 25.9. The molecule has 0 aliphatic heterocycles. The Labute approximate surface area is 599 Å². The zero-order valence-corrected chi connectivity index (χ0v) is 57.8. The van der Waals surface area contributed by atoms with Gasteiger partial charge in [0.1, 0.15) is 40.2 Å². The molecule has 0 fully saturated rings. The number of H-pyrrole nitrogens is 5. The lowest BCUT2D eigenvalue weighted by molar-refractivity contribution is 0.0927. The van der Waals surface area contributed by atoms with Crippen LogP contribution in [-0.2, 0) is 32.2 Å². The van der Waals surface area contributed by atoms with Crippen molar-refractivity contribution in [2.75, 3.05) is 5.32 Å². The number of pyridine rings is 1. The molecule has 526 valence electrons. The number of hydrogen-bond donors (Lipinski definition) is 10. The number of nitrogens with zero attached hydrogens (tertiary/aromatic N) is 1. The molecular weight excluding hydrogens is 1310 g/mol. The van der Waals surface area contributed by atoms with Gasteiger partial charge in [-0.2, -0.15) is 0 Å². The van der Waals surface area contributed by atoms with E-state index < -0.39 is 0 Å². The van der Waals surface area contributed by atoms with Gasteiger partial charge in [0.25, 0.3) is 29.5 Å². The molecule has 0 saturated carbocycles. The van der Waals surface area contributed by atoms with E-state index >= 15 is 0 Å². The fourth-order valence-electron chi connectivity index (χ4n) is 12.7. The summed E-state index contributed by atoms with van der Waals surface area (Å²) >= 11 is 0. The number of amides is 5. The maximum atomic E-state index is 13.3. The molecule has 6 aromatic heterocycles. The second kappa shape index (κ2) is 33.8. The van der Waals surface area contributed by atoms with Gasteiger partial charge in [-0.15, -0.1) is 0 Å². The molecule has 8 aromatic carbocycles. The lowest BCUT2D eigenvalue weighted by Gasteiger charge is -2.13. The smallest absolute Gasteiger partial charge is 0.272 e. The molecule has 1 unspecified atom stereocenters. The van der Waals surface area contributed by atoms with E-state index in [1.54, 1.807) is 54.9 Å². The predicted molar refractivity (Wildman–Crippen MR) is 404 cm³/mol. The highest BCUT2D eigenvalue weighted by Gasteiger charge is 2.21. The molecule has 14 aromatic rings. The van der Waals surface area contributed by atoms with Crippen molar-refractivity contribution in [3.05, 3.63) is 334 Å². The first-order valence-electron chi connectivity index (χ1n) is 34.8. The summed E-state index contributed by atoms with van der Waals surface area (Å²) in [4.78, 5) is 80.9. The van der Waals surface area contributed by atoms with Crippen LogP contribution in [0, 0.1) is 17.5 Å². The van der Waals surface area contributed by atoms with Crippen LogP contribution >= 0.6 is 0 Å². The number of carbonyl (C=O) groups excluding carboxylic acids is 5. The Balaban J connectivity index is 0.000000122. The fourth-order valence-corrected chi connectivity index (χ4v) is 12.7. The Morgan fingerprint density at radius 2 is 0.827 bits per heavy atom. The van der Waals surface area contributed by atoms with Crippen molar-refractivity contribution >= 4 is 78.7 Å². The number of benzene rings is 8. The molecule has 16 rings (SSSR count). The van der Waals surface area contributed by atoms with E-state index in [1.807, 2.05) is 172 Å². The number of fused-ring (bicyclic) bond motifs is 6. The Kier molecular flexibility index (Phi) is 23.2. The van der Waals surface area contributed by atoms with Gasteiger partial charge in [0.05, 0.1) is 24.7 Å². The van der Waals surface area contributed by atoms with E-state index in [1.165, 1.54) is 84.6 Å². The number of anilines is 1. The van der Waals surface area contributed by atoms with Crippen LogP contribution in [0.3, 0.4) is 0 Å². The first-order valence-corrected chi connectivity index (χ1v) is 34.8. The van der Waals surface area contributed by atoms with Crippen LogP contribution in [0.2, 0.25) is 0 Å². The Morgan fingerprint density at radius 1 is 0.394 bits per heavy atom. The molecule has 5 amide bonds. The molecule has 3 atom stereocenters. The average molecular weight is 1390 g/mol. The quantitative estimate of drug-likeness (QED) is 0.0508. The van der Waals surface area contributed by atoms with Crippen molar-refractivity contribution in [1.82, 2.24) is 51.2 Å². The zero-order chi connectivity index (χ0) is 72.5. The highest BCUT2D eigenvalue weighted by molar-refractivity contribution is 6.10. The van der Waals surface area contributed by atoms with Gasteiger partial charge in [-0.1, -0.05) is 121 Å². The van der Waals surface area contributed by atoms with Crippen LogP contribution in [0.25, 0.3) is 43.5 Å². The highest BCUT2D eigenvalue weighted by Crippen LogP contribution is 2.28. The third kappa shape index (κ3) is 18.5. The fraction of sp³-hybridized carbons (Fsp3) is 0.176. The molecule has 6 heterocycles. The van der Waals surface area contributed by atoms with Gasteiger partial charge in [0.15, 0.2) is 0 Å². The van der Waals surface area contributed by atoms with Crippen molar-refractivity contribution in [3.63, 3.8) is 0 Å². The third-order valence-electron chi connectivity index (χ3n) is 18.4. The molecule has 10 N–H and O–H groups in total. The number of nitrogens with one attached hydrogen (secondary N) is 10. The summed E-state index contributed by atoms with van der Waals surface area (Å²) < 4.78 is 39.5. The Bertz CT molecular complexity index is 5120. The first kappa shape index (κ1) is 71.3. The minimum absolute atomic E-state index is 0.0176. The molecule has 104 heavy (non-hydrogen) atoms. The number of aromatic amines is 5. The second-order valence-electron chi connectivity index (χ2n) is 25.9. The molecule has 0 saturated heterocycles. The van der Waals surface area contributed by atoms with Gasteiger partial charge in [-0.3, -0.25) is 29.0 Å². The van der Waals surface area contributed by atoms with Crippen molar-refractivity contribution in [2.45, 2.75) is 96.8 Å². The lowest BCUT2D eigenvalue weighted by Crippen LogP contribution is -2.26. The number of rotatable bonds is 14. The van der Waals surface area contributed by atoms with Gasteiger partial charge in [0, 0.05) is 78.8 Å². The number of hydrogen-bond acceptors (Lipinski definition) is 6. The summed E-state index contributed by atoms with van der Waals surface area (Å²) in [6.45, 7) is 6.29. The molecule has 0 bridgehead atoms. The van der Waals surface area contributed by atoms with Crippen LogP contribution in [-0.4, -0.2) is 59.4 Å². The molecule has 2 aliphatic carbocycles. The van der Waals surface area contributed by atoms with Gasteiger partial charge >= 0.3 is 0 Å². The SMILES string of the molecule is CC(NC(=O)c1cc2cc(F)ccc2[nH]1)c1cccnc1.C[C@@H](NC(=O)c1cc2c([nH]1)CCCC2)c1ccccc1.C[C@H](NC(=O)c1cc2c([nH]1)CCCC2)c1ccccc1.O=C(NCc1cc2cc(F)ccc2[nH]1)c1ccccc1.O=C(Nc1cccc2ccccc12)c1cc2cc(F)ccc2[nH]1. The van der Waals surface area contributed by atoms with E-state index in [4.69, 9.17) is 0 Å². The molecule has 2 aliphatic rings. The predicted octanol–water partition coefficient (Wildman–Crippen LogP) is 17.9. The van der Waals surface area contributed by atoms with Crippen LogP contribution in [0.4, 0.5) is 18.9 Å². The van der Waals surface area contributed by atoms with Gasteiger partial charge in [0.2, 0.25) is 0 Å². The summed E-state index contributed by atoms with van der Waals surface area (Å²) in [7, 11) is 0. The zero-order valence-electron chi connectivity index (χ0n) is 57.8. The van der Waals surface area contributed by atoms with Crippen LogP contribution in [0.1, 0.15) is 162 Å². The van der Waals surface area contributed by atoms with E-state index in [-0.39, 0.29) is 65.1 Å². The van der Waals surface area contributed by atoms with E-state index in [0.717, 1.165) is 86.5 Å². The molecule has 19 heteroatoms. The van der Waals surface area contributed by atoms with Gasteiger partial charge < -0.3 is 51.5 Å². The molecular formula is C85H80F3N11O5. The maximum absolute atomic E-state index is 13.3. The number of aryl methyl sites for hydroxylation is 4. The van der Waals surface area contributed by atoms with Gasteiger partial charge in [-0.25, -0.2) is 13.2 Å². The molecule has 0 spiro atoms. The Morgan fingerprint density at radius 3 is 1.34 bits per heavy atom. The minimum atomic E-state index is -0.322. The van der Waals surface area contributed by atoms with Crippen molar-refractivity contribution in [1.29, 1.82) is 0 Å². The number of halogens is 3. The monoisotopic (exact) mass is 1390 g/mol. The third-order valence-corrected chi connectivity index (χ3v) is 18.4. The summed E-state index contributed by atoms with van der Waals surface area (Å²) in [6, 6.07) is 68.8. The van der Waals surface area contributed by atoms with Crippen molar-refractivity contribution in [3.8, 4) is 0 Å². The maximum Gasteiger partial charge on any atom is 0.272 e. The van der Waals surface area contributed by atoms with Gasteiger partial charge in [-0.05, 0) is 215 Å². The minimum Gasteiger partial charge on any atom is -0.357 e. The topological polar surface area (TPSA) is 237 Å². The summed E-state index contributed by atoms with van der Waals surface area (Å²) in [5.41, 5.74) is 15.0. The highest BCUT2D eigenvalue weighted by atomic mass is 19.1. The van der Waals surface area contributed by atoms with E-state index in [9.17, 15) is 37.1 Å². The summed E-state index contributed by atoms with van der Waals surface area (Å²) in [5.74, 6) is -1.56. The van der Waals surface area contributed by atoms with Crippen molar-refractivity contribution < 1.29 is 37.1 Å². The first-order chi connectivity index (χ1) is 50.5. The molecule has 16 nitrogen and oxygen atoms in total. The standard InChI is InChI=1S/C19H13FN2O.2C17H20N2O.C16H14FN3O.C16H13FN2O/c20-14-8-9-16-13(10-14)11-18(21-16)19(23)22-17-7-3-5-12-4-1-2-6-15(12)17;2*1-12(13-7-3-2-4-8-13)18-17(20)16-11-14-9-5-6-10-15(14)19-16;1-10(11-3-2-6-18-9-11)19-16(21)15-8-12-7-13(17)4-5-14(12)20-15;17-13-6-7-15-12(8-13)9-14(19-15)10-18-16(20)11-4-2-1-3-5-11/h1-11,21H,(H,22,23);2*2-4,7-8,11-12,19H,5-6,9-10H2,1H3,(H,18,20);2-10,20H,1H3,(H,19,21);1-9,19H,10H2,(H,18,20)/t;2*12-;;/m.10../s1. The lowest BCUT2D eigenvalue weighted by atomic mass is 9.98. The number of aromatic nitrogens is 6. The van der Waals surface area contributed by atoms with Crippen LogP contribution in [0.15, 0.2) is 243 Å². The summed E-state index contributed by atoms with van der Waals surface area (Å²) in [5, 5.41) is 18.9. The van der Waals surface area contributed by atoms with E-state index in [0.29, 0.717) is 45.7 Å². The van der Waals surface area contributed by atoms with Crippen LogP contribution in [0.5, 0.6) is 0 Å². The number of carbonyl (C=O) groups is 5. The largest absolute Gasteiger partial charge is 0.357 e.